The van der Waals surface area contributed by atoms with E-state index in [0.29, 0.717) is 36.4 Å². The second kappa shape index (κ2) is 8.31. The lowest BCUT2D eigenvalue weighted by Crippen LogP contribution is -2.43. The van der Waals surface area contributed by atoms with E-state index < -0.39 is 20.0 Å². The maximum atomic E-state index is 12.9. The number of rotatable bonds is 8. The van der Waals surface area contributed by atoms with Gasteiger partial charge < -0.3 is 10.6 Å². The summed E-state index contributed by atoms with van der Waals surface area (Å²) in [4.78, 5) is 11.6. The third kappa shape index (κ3) is 4.61. The average molecular weight is 425 g/mol. The van der Waals surface area contributed by atoms with Gasteiger partial charge in [0.2, 0.25) is 15.9 Å². The molecule has 1 atom stereocenters. The predicted molar refractivity (Wildman–Crippen MR) is 98.8 cm³/mol. The Morgan fingerprint density at radius 2 is 2.08 bits per heavy atom. The smallest absolute Gasteiger partial charge is 0.252 e. The molecule has 1 aliphatic rings. The molecule has 12 heteroatoms. The van der Waals surface area contributed by atoms with Gasteiger partial charge in [-0.3, -0.25) is 4.79 Å². The van der Waals surface area contributed by atoms with Gasteiger partial charge >= 0.3 is 0 Å². The second-order valence-corrected chi connectivity index (χ2v) is 10.9. The van der Waals surface area contributed by atoms with Crippen LogP contribution in [0.15, 0.2) is 14.5 Å². The van der Waals surface area contributed by atoms with Crippen molar-refractivity contribution >= 4 is 37.3 Å². The minimum atomic E-state index is -3.98. The Labute approximate surface area is 158 Å². The number of hydrogen-bond acceptors (Lipinski definition) is 7. The Morgan fingerprint density at radius 3 is 2.65 bits per heavy atom. The first-order valence-corrected chi connectivity index (χ1v) is 12.1. The Hall–Kier alpha value is -1.05. The van der Waals surface area contributed by atoms with Gasteiger partial charge in [0.05, 0.1) is 0 Å². The molecular formula is C14H24N4O5S3. The molecule has 148 valence electrons. The van der Waals surface area contributed by atoms with E-state index in [9.17, 15) is 21.6 Å². The maximum Gasteiger partial charge on any atom is 0.252 e. The Balaban J connectivity index is 2.28. The zero-order valence-electron chi connectivity index (χ0n) is 14.7. The van der Waals surface area contributed by atoms with Crippen LogP contribution in [-0.4, -0.2) is 53.2 Å². The normalized spacial score (nSPS) is 19.9. The Morgan fingerprint density at radius 1 is 1.38 bits per heavy atom. The van der Waals surface area contributed by atoms with Crippen LogP contribution in [0.2, 0.25) is 0 Å². The second-order valence-electron chi connectivity index (χ2n) is 5.88. The molecule has 0 fully saturated rings. The van der Waals surface area contributed by atoms with Gasteiger partial charge in [0.15, 0.2) is 0 Å². The fourth-order valence-electron chi connectivity index (χ4n) is 2.80. The summed E-state index contributed by atoms with van der Waals surface area (Å²) in [5.41, 5.74) is 0.431. The van der Waals surface area contributed by atoms with Gasteiger partial charge in [-0.15, -0.1) is 11.3 Å². The van der Waals surface area contributed by atoms with Crippen molar-refractivity contribution in [3.8, 4) is 0 Å². The van der Waals surface area contributed by atoms with Crippen LogP contribution in [0.5, 0.6) is 0 Å². The summed E-state index contributed by atoms with van der Waals surface area (Å²) >= 11 is 0.669. The van der Waals surface area contributed by atoms with E-state index >= 15 is 0 Å². The summed E-state index contributed by atoms with van der Waals surface area (Å²) in [5, 5.41) is 11.0. The molecule has 2 heterocycles. The van der Waals surface area contributed by atoms with E-state index in [1.54, 1.807) is 0 Å². The Kier molecular flexibility index (Phi) is 6.80. The molecule has 0 aromatic carbocycles. The quantitative estimate of drug-likeness (QED) is 0.535. The summed E-state index contributed by atoms with van der Waals surface area (Å²) in [7, 11) is -7.81. The number of primary sulfonamides is 1. The van der Waals surface area contributed by atoms with Crippen molar-refractivity contribution in [3.05, 3.63) is 11.6 Å². The van der Waals surface area contributed by atoms with Gasteiger partial charge in [0.25, 0.3) is 10.0 Å². The zero-order chi connectivity index (χ0) is 19.5. The standard InChI is InChI=1S/C14H24N4O5S3/c1-3-16-11-9-18(7-5-6-12(19)17-4-2)26(22,23)14-10(11)8-13(24-14)25(15,20)21/h8,11,16H,3-7,9H2,1-2H3,(H,17,19)(H2,15,20,21)/t11-/m0/s1. The van der Waals surface area contributed by atoms with Gasteiger partial charge in [0, 0.05) is 37.7 Å². The molecule has 2 rings (SSSR count). The molecule has 0 unspecified atom stereocenters. The van der Waals surface area contributed by atoms with Crippen molar-refractivity contribution in [2.75, 3.05) is 26.2 Å². The van der Waals surface area contributed by atoms with Gasteiger partial charge in [-0.2, -0.15) is 4.31 Å². The number of sulfonamides is 2. The number of nitrogens with one attached hydrogen (secondary N) is 2. The molecule has 1 aliphatic heterocycles. The number of amides is 1. The molecule has 9 nitrogen and oxygen atoms in total. The molecule has 26 heavy (non-hydrogen) atoms. The van der Waals surface area contributed by atoms with E-state index in [1.807, 2.05) is 13.8 Å². The van der Waals surface area contributed by atoms with Crippen LogP contribution >= 0.6 is 11.3 Å². The molecule has 0 spiro atoms. The van der Waals surface area contributed by atoms with Gasteiger partial charge in [-0.05, 0) is 26.0 Å². The number of nitrogens with zero attached hydrogens (tertiary/aromatic N) is 1. The number of hydrogen-bond donors (Lipinski definition) is 3. The molecule has 1 amide bonds. The van der Waals surface area contributed by atoms with Crippen LogP contribution in [0.25, 0.3) is 0 Å². The number of nitrogens with two attached hydrogens (primary N) is 1. The molecule has 0 saturated carbocycles. The van der Waals surface area contributed by atoms with Crippen LogP contribution < -0.4 is 15.8 Å². The highest BCUT2D eigenvalue weighted by Crippen LogP contribution is 2.39. The lowest BCUT2D eigenvalue weighted by molar-refractivity contribution is -0.121. The summed E-state index contributed by atoms with van der Waals surface area (Å²) in [6.45, 7) is 5.18. The van der Waals surface area contributed by atoms with E-state index in [1.165, 1.54) is 10.4 Å². The fraction of sp³-hybridized carbons (Fsp3) is 0.643. The average Bonchev–Trinajstić information content (AvgIpc) is 2.99. The van der Waals surface area contributed by atoms with Crippen molar-refractivity contribution in [3.63, 3.8) is 0 Å². The number of thiophene rings is 1. The minimum absolute atomic E-state index is 0.00302. The molecule has 1 aromatic heterocycles. The zero-order valence-corrected chi connectivity index (χ0v) is 17.1. The first-order valence-electron chi connectivity index (χ1n) is 8.28. The van der Waals surface area contributed by atoms with E-state index in [2.05, 4.69) is 10.6 Å². The predicted octanol–water partition coefficient (Wildman–Crippen LogP) is -0.0333. The third-order valence-electron chi connectivity index (χ3n) is 3.95. The highest BCUT2D eigenvalue weighted by Gasteiger charge is 2.39. The van der Waals surface area contributed by atoms with Crippen LogP contribution in [0.3, 0.4) is 0 Å². The van der Waals surface area contributed by atoms with Crippen molar-refractivity contribution in [1.82, 2.24) is 14.9 Å². The monoisotopic (exact) mass is 424 g/mol. The first kappa shape index (κ1) is 21.3. The largest absolute Gasteiger partial charge is 0.356 e. The lowest BCUT2D eigenvalue weighted by atomic mass is 10.1. The molecular weight excluding hydrogens is 400 g/mol. The topological polar surface area (TPSA) is 139 Å². The Bertz CT molecular complexity index is 863. The van der Waals surface area contributed by atoms with Gasteiger partial charge in [-0.1, -0.05) is 6.92 Å². The minimum Gasteiger partial charge on any atom is -0.356 e. The summed E-state index contributed by atoms with van der Waals surface area (Å²) in [6, 6.07) is 1.02. The molecule has 0 radical (unpaired) electrons. The molecule has 1 aromatic rings. The third-order valence-corrected chi connectivity index (χ3v) is 8.92. The van der Waals surface area contributed by atoms with Crippen molar-refractivity contribution in [2.24, 2.45) is 5.14 Å². The van der Waals surface area contributed by atoms with E-state index in [4.69, 9.17) is 5.14 Å². The summed E-state index contributed by atoms with van der Waals surface area (Å²) < 4.78 is 50.1. The van der Waals surface area contributed by atoms with Gasteiger partial charge in [0.1, 0.15) is 8.42 Å². The highest BCUT2D eigenvalue weighted by atomic mass is 32.3. The first-order chi connectivity index (χ1) is 12.1. The van der Waals surface area contributed by atoms with Gasteiger partial charge in [-0.25, -0.2) is 22.0 Å². The van der Waals surface area contributed by atoms with Crippen LogP contribution in [0, 0.1) is 0 Å². The lowest BCUT2D eigenvalue weighted by Gasteiger charge is -2.32. The molecule has 0 bridgehead atoms. The van der Waals surface area contributed by atoms with Crippen molar-refractivity contribution in [2.45, 2.75) is 41.1 Å². The SMILES string of the molecule is CCNC(=O)CCCN1C[C@H](NCC)c2cc(S(N)(=O)=O)sc2S1(=O)=O. The van der Waals surface area contributed by atoms with E-state index in [-0.39, 0.29) is 39.9 Å². The number of carbonyl (C=O) groups is 1. The van der Waals surface area contributed by atoms with Crippen LogP contribution in [0.4, 0.5) is 0 Å². The summed E-state index contributed by atoms with van der Waals surface area (Å²) in [5.74, 6) is -0.126. The van der Waals surface area contributed by atoms with Crippen molar-refractivity contribution < 1.29 is 21.6 Å². The summed E-state index contributed by atoms with van der Waals surface area (Å²) in [6.07, 6.45) is 0.609. The van der Waals surface area contributed by atoms with E-state index in [0.717, 1.165) is 0 Å². The fourth-order valence-corrected chi connectivity index (χ4v) is 7.11. The maximum absolute atomic E-state index is 12.9. The number of likely N-dealkylation sites (N-methyl/N-ethyl adjacent to an activating group) is 1. The van der Waals surface area contributed by atoms with Crippen molar-refractivity contribution in [1.29, 1.82) is 0 Å². The van der Waals surface area contributed by atoms with Crippen LogP contribution in [0.1, 0.15) is 38.3 Å². The molecule has 0 aliphatic carbocycles. The highest BCUT2D eigenvalue weighted by molar-refractivity contribution is 7.94. The number of carbonyl (C=O) groups excluding carboxylic acids is 1. The molecule has 4 N–H and O–H groups in total. The molecule has 0 saturated heterocycles. The van der Waals surface area contributed by atoms with Crippen LogP contribution in [-0.2, 0) is 24.8 Å². The number of fused-ring (bicyclic) bond motifs is 1.